The summed E-state index contributed by atoms with van der Waals surface area (Å²) < 4.78 is 13.5. The molecule has 1 aliphatic rings. The monoisotopic (exact) mass is 333 g/mol. The average molecular weight is 334 g/mol. The molecule has 0 spiro atoms. The molecule has 0 fully saturated rings. The highest BCUT2D eigenvalue weighted by Gasteiger charge is 2.26. The minimum absolute atomic E-state index is 0.0644. The molecule has 2 aromatic rings. The maximum absolute atomic E-state index is 13.5. The molecule has 6 heteroatoms. The van der Waals surface area contributed by atoms with Crippen molar-refractivity contribution in [2.45, 2.75) is 18.9 Å². The van der Waals surface area contributed by atoms with Gasteiger partial charge in [-0.1, -0.05) is 23.7 Å². The zero-order valence-corrected chi connectivity index (χ0v) is 12.7. The van der Waals surface area contributed by atoms with Gasteiger partial charge in [-0.25, -0.2) is 9.18 Å². The second kappa shape index (κ2) is 6.01. The van der Waals surface area contributed by atoms with Crippen LogP contribution in [0.25, 0.3) is 0 Å². The minimum atomic E-state index is -1.02. The van der Waals surface area contributed by atoms with E-state index in [1.807, 2.05) is 0 Å². The molecule has 1 atom stereocenters. The van der Waals surface area contributed by atoms with Crippen molar-refractivity contribution in [2.24, 2.45) is 0 Å². The van der Waals surface area contributed by atoms with Gasteiger partial charge in [0, 0.05) is 0 Å². The van der Waals surface area contributed by atoms with Gasteiger partial charge in [0.1, 0.15) is 5.82 Å². The quantitative estimate of drug-likeness (QED) is 0.902. The van der Waals surface area contributed by atoms with Crippen molar-refractivity contribution in [1.29, 1.82) is 0 Å². The van der Waals surface area contributed by atoms with E-state index in [1.165, 1.54) is 18.2 Å². The van der Waals surface area contributed by atoms with Crippen LogP contribution in [-0.2, 0) is 6.42 Å². The Labute approximate surface area is 136 Å². The molecule has 0 saturated carbocycles. The first kappa shape index (κ1) is 15.5. The van der Waals surface area contributed by atoms with Crippen LogP contribution in [0.15, 0.2) is 36.4 Å². The van der Waals surface area contributed by atoms with Crippen LogP contribution in [0, 0.1) is 5.82 Å². The fourth-order valence-corrected chi connectivity index (χ4v) is 3.01. The zero-order valence-electron chi connectivity index (χ0n) is 12.0. The Morgan fingerprint density at radius 3 is 2.78 bits per heavy atom. The number of aryl methyl sites for hydroxylation is 1. The van der Waals surface area contributed by atoms with Crippen LogP contribution in [0.5, 0.6) is 0 Å². The molecule has 0 radical (unpaired) electrons. The van der Waals surface area contributed by atoms with E-state index < -0.39 is 17.7 Å². The van der Waals surface area contributed by atoms with Gasteiger partial charge in [0.2, 0.25) is 0 Å². The minimum Gasteiger partial charge on any atom is -0.478 e. The Morgan fingerprint density at radius 2 is 2.04 bits per heavy atom. The molecule has 4 nitrogen and oxygen atoms in total. The number of aromatic carboxylic acids is 1. The Hall–Kier alpha value is -2.40. The lowest BCUT2D eigenvalue weighted by Gasteiger charge is -2.15. The number of halogens is 2. The highest BCUT2D eigenvalue weighted by atomic mass is 35.5. The van der Waals surface area contributed by atoms with Crippen LogP contribution >= 0.6 is 11.6 Å². The molecule has 0 aliphatic heterocycles. The second-order valence-corrected chi connectivity index (χ2v) is 5.76. The summed E-state index contributed by atoms with van der Waals surface area (Å²) in [5, 5.41) is 11.7. The molecule has 0 aromatic heterocycles. The van der Waals surface area contributed by atoms with Gasteiger partial charge in [-0.2, -0.15) is 0 Å². The van der Waals surface area contributed by atoms with E-state index in [-0.39, 0.29) is 22.2 Å². The Kier molecular flexibility index (Phi) is 4.05. The van der Waals surface area contributed by atoms with Crippen molar-refractivity contribution in [3.63, 3.8) is 0 Å². The summed E-state index contributed by atoms with van der Waals surface area (Å²) in [6.07, 6.45) is 1.41. The molecule has 1 aliphatic carbocycles. The molecular formula is C17H13ClFNO3. The van der Waals surface area contributed by atoms with Gasteiger partial charge in [0.05, 0.1) is 22.2 Å². The number of carboxylic acid groups (broad SMARTS) is 1. The van der Waals surface area contributed by atoms with Crippen molar-refractivity contribution in [1.82, 2.24) is 5.32 Å². The molecule has 1 amide bonds. The van der Waals surface area contributed by atoms with Crippen LogP contribution in [0.4, 0.5) is 4.39 Å². The first-order valence-electron chi connectivity index (χ1n) is 7.08. The third-order valence-electron chi connectivity index (χ3n) is 3.97. The molecular weight excluding hydrogens is 321 g/mol. The lowest BCUT2D eigenvalue weighted by Crippen LogP contribution is -2.27. The van der Waals surface area contributed by atoms with Gasteiger partial charge in [-0.3, -0.25) is 4.79 Å². The first-order chi connectivity index (χ1) is 11.0. The number of hydrogen-bond acceptors (Lipinski definition) is 2. The normalized spacial score (nSPS) is 16.0. The van der Waals surface area contributed by atoms with E-state index in [1.54, 1.807) is 18.2 Å². The molecule has 118 valence electrons. The molecule has 2 aromatic carbocycles. The van der Waals surface area contributed by atoms with Gasteiger partial charge < -0.3 is 10.4 Å². The van der Waals surface area contributed by atoms with Crippen molar-refractivity contribution < 1.29 is 19.1 Å². The number of nitrogens with one attached hydrogen (secondary N) is 1. The SMILES string of the molecule is O=C(O)c1ccc2c(c1)[C@H](NC(=O)c1cccc(F)c1Cl)CC2. The highest BCUT2D eigenvalue weighted by Crippen LogP contribution is 2.32. The molecule has 3 rings (SSSR count). The molecule has 0 heterocycles. The number of fused-ring (bicyclic) bond motifs is 1. The highest BCUT2D eigenvalue weighted by molar-refractivity contribution is 6.34. The lowest BCUT2D eigenvalue weighted by atomic mass is 10.0. The number of hydrogen-bond donors (Lipinski definition) is 2. The summed E-state index contributed by atoms with van der Waals surface area (Å²) >= 11 is 5.83. The number of carbonyl (C=O) groups excluding carboxylic acids is 1. The summed E-state index contributed by atoms with van der Waals surface area (Å²) in [6, 6.07) is 8.63. The van der Waals surface area contributed by atoms with Gasteiger partial charge in [0.15, 0.2) is 0 Å². The second-order valence-electron chi connectivity index (χ2n) is 5.38. The summed E-state index contributed by atoms with van der Waals surface area (Å²) in [5.74, 6) is -2.15. The van der Waals surface area contributed by atoms with Crippen LogP contribution < -0.4 is 5.32 Å². The maximum atomic E-state index is 13.5. The van der Waals surface area contributed by atoms with E-state index in [2.05, 4.69) is 5.32 Å². The van der Waals surface area contributed by atoms with Crippen LogP contribution in [0.3, 0.4) is 0 Å². The summed E-state index contributed by atoms with van der Waals surface area (Å²) in [7, 11) is 0. The van der Waals surface area contributed by atoms with Crippen LogP contribution in [0.2, 0.25) is 5.02 Å². The van der Waals surface area contributed by atoms with E-state index in [4.69, 9.17) is 16.7 Å². The third-order valence-corrected chi connectivity index (χ3v) is 4.36. The average Bonchev–Trinajstić information content (AvgIpc) is 2.92. The van der Waals surface area contributed by atoms with Crippen molar-refractivity contribution >= 4 is 23.5 Å². The Morgan fingerprint density at radius 1 is 1.26 bits per heavy atom. The number of rotatable bonds is 3. The summed E-state index contributed by atoms with van der Waals surface area (Å²) in [5.41, 5.74) is 2.03. The fraction of sp³-hybridized carbons (Fsp3) is 0.176. The fourth-order valence-electron chi connectivity index (χ4n) is 2.80. The third kappa shape index (κ3) is 2.92. The van der Waals surface area contributed by atoms with E-state index in [0.29, 0.717) is 6.42 Å². The number of amides is 1. The van der Waals surface area contributed by atoms with E-state index in [9.17, 15) is 14.0 Å². The van der Waals surface area contributed by atoms with Gasteiger partial charge in [0.25, 0.3) is 5.91 Å². The molecule has 0 saturated heterocycles. The topological polar surface area (TPSA) is 66.4 Å². The van der Waals surface area contributed by atoms with Crippen LogP contribution in [-0.4, -0.2) is 17.0 Å². The number of benzene rings is 2. The molecule has 0 unspecified atom stereocenters. The van der Waals surface area contributed by atoms with E-state index >= 15 is 0 Å². The smallest absolute Gasteiger partial charge is 0.335 e. The summed E-state index contributed by atoms with van der Waals surface area (Å²) in [6.45, 7) is 0. The Balaban J connectivity index is 1.86. The maximum Gasteiger partial charge on any atom is 0.335 e. The van der Waals surface area contributed by atoms with Crippen molar-refractivity contribution in [3.8, 4) is 0 Å². The predicted octanol–water partition coefficient (Wildman–Crippen LogP) is 3.59. The van der Waals surface area contributed by atoms with Gasteiger partial charge in [-0.05, 0) is 48.2 Å². The van der Waals surface area contributed by atoms with Crippen molar-refractivity contribution in [2.75, 3.05) is 0 Å². The van der Waals surface area contributed by atoms with E-state index in [0.717, 1.165) is 17.5 Å². The summed E-state index contributed by atoms with van der Waals surface area (Å²) in [4.78, 5) is 23.4. The largest absolute Gasteiger partial charge is 0.478 e. The number of carboxylic acids is 1. The standard InChI is InChI=1S/C17H13ClFNO3/c18-15-11(2-1-3-13(15)19)16(21)20-14-7-6-9-4-5-10(17(22)23)8-12(9)14/h1-5,8,14H,6-7H2,(H,20,21)(H,22,23)/t14-/m1/s1. The molecule has 0 bridgehead atoms. The van der Waals surface area contributed by atoms with Gasteiger partial charge in [-0.15, -0.1) is 0 Å². The lowest BCUT2D eigenvalue weighted by molar-refractivity contribution is 0.0696. The predicted molar refractivity (Wildman–Crippen MR) is 83.3 cm³/mol. The van der Waals surface area contributed by atoms with Crippen LogP contribution in [0.1, 0.15) is 44.3 Å². The molecule has 2 N–H and O–H groups in total. The first-order valence-corrected chi connectivity index (χ1v) is 7.46. The Bertz CT molecular complexity index is 806. The number of carbonyl (C=O) groups is 2. The molecule has 23 heavy (non-hydrogen) atoms. The zero-order chi connectivity index (χ0) is 16.6. The van der Waals surface area contributed by atoms with Gasteiger partial charge >= 0.3 is 5.97 Å². The van der Waals surface area contributed by atoms with Crippen molar-refractivity contribution in [3.05, 3.63) is 69.5 Å².